The summed E-state index contributed by atoms with van der Waals surface area (Å²) in [5.41, 5.74) is 12.7. The average Bonchev–Trinajstić information content (AvgIpc) is 3.89. The predicted octanol–water partition coefficient (Wildman–Crippen LogP) is 15.6. The van der Waals surface area contributed by atoms with E-state index in [1.54, 1.807) is 12.3 Å². The standard InChI is InChI=1S/C59H45N4O.Pt/c1-40-34-57(60-38-52(40)43-22-12-7-13-23-43)63-53-33-30-44(59(2,3)4)35-51(53)50-32-31-47(37-56(50)63)64-46-25-16-24-45(36-46)61-39-62(55-29-15-14-28-54(55)61)58-48(41-18-8-5-9-19-41)26-17-27-49(58)42-20-10-6-11-21-42;/h5-35,38-39H,1-4H3;/q-3;/i1D3;. The summed E-state index contributed by atoms with van der Waals surface area (Å²) in [6, 6.07) is 70.7. The summed E-state index contributed by atoms with van der Waals surface area (Å²) in [6.07, 6.45) is 1.67. The van der Waals surface area contributed by atoms with Crippen LogP contribution in [0.4, 0.5) is 22.7 Å². The zero-order valence-electron chi connectivity index (χ0n) is 39.1. The van der Waals surface area contributed by atoms with Gasteiger partial charge in [-0.2, -0.15) is 12.1 Å². The molecular formula is C59H45N4OPt-3. The number of aromatic nitrogens is 2. The Morgan fingerprint density at radius 3 is 1.82 bits per heavy atom. The summed E-state index contributed by atoms with van der Waals surface area (Å²) in [6.45, 7) is 6.35. The van der Waals surface area contributed by atoms with Crippen molar-refractivity contribution in [1.82, 2.24) is 9.55 Å². The molecule has 0 aliphatic carbocycles. The monoisotopic (exact) mass is 1020 g/mol. The summed E-state index contributed by atoms with van der Waals surface area (Å²) in [5.74, 6) is 1.47. The van der Waals surface area contributed by atoms with E-state index in [0.717, 1.165) is 72.4 Å². The van der Waals surface area contributed by atoms with Gasteiger partial charge >= 0.3 is 0 Å². The van der Waals surface area contributed by atoms with Gasteiger partial charge in [-0.1, -0.05) is 160 Å². The molecule has 0 fully saturated rings. The fourth-order valence-corrected chi connectivity index (χ4v) is 8.84. The molecule has 0 radical (unpaired) electrons. The van der Waals surface area contributed by atoms with E-state index in [0.29, 0.717) is 22.9 Å². The number of pyridine rings is 1. The maximum absolute atomic E-state index is 8.59. The van der Waals surface area contributed by atoms with Crippen LogP contribution in [-0.4, -0.2) is 9.55 Å². The molecule has 3 heterocycles. The number of para-hydroxylation sites is 3. The molecule has 2 aromatic heterocycles. The molecule has 320 valence electrons. The first-order chi connectivity index (χ1) is 32.5. The molecule has 11 rings (SSSR count). The molecule has 1 aliphatic heterocycles. The van der Waals surface area contributed by atoms with Crippen LogP contribution in [0, 0.1) is 25.7 Å². The number of rotatable bonds is 8. The number of aryl methyl sites for hydroxylation is 1. The minimum absolute atomic E-state index is 0. The predicted molar refractivity (Wildman–Crippen MR) is 264 cm³/mol. The second kappa shape index (κ2) is 17.1. The van der Waals surface area contributed by atoms with Crippen molar-refractivity contribution in [2.45, 2.75) is 33.0 Å². The van der Waals surface area contributed by atoms with Gasteiger partial charge in [0.1, 0.15) is 5.82 Å². The van der Waals surface area contributed by atoms with Crippen LogP contribution < -0.4 is 14.5 Å². The summed E-state index contributed by atoms with van der Waals surface area (Å²) in [4.78, 5) is 9.38. The smallest absolute Gasteiger partial charge is 0.135 e. The van der Waals surface area contributed by atoms with Crippen LogP contribution in [0.25, 0.3) is 61.0 Å². The van der Waals surface area contributed by atoms with Crippen molar-refractivity contribution in [1.29, 1.82) is 0 Å². The first-order valence-corrected chi connectivity index (χ1v) is 21.5. The third kappa shape index (κ3) is 7.70. The van der Waals surface area contributed by atoms with Crippen LogP contribution in [0.15, 0.2) is 194 Å². The largest absolute Gasteiger partial charge is 0.509 e. The molecule has 0 N–H and O–H groups in total. The van der Waals surface area contributed by atoms with Gasteiger partial charge in [0, 0.05) is 82.1 Å². The van der Waals surface area contributed by atoms with Crippen LogP contribution in [0.3, 0.4) is 0 Å². The second-order valence-electron chi connectivity index (χ2n) is 17.1. The van der Waals surface area contributed by atoms with E-state index in [9.17, 15) is 0 Å². The van der Waals surface area contributed by atoms with Gasteiger partial charge < -0.3 is 19.1 Å². The summed E-state index contributed by atoms with van der Waals surface area (Å²) in [5, 5.41) is 1.96. The van der Waals surface area contributed by atoms with Gasteiger partial charge in [0.15, 0.2) is 0 Å². The molecule has 8 aromatic carbocycles. The normalized spacial score (nSPS) is 13.2. The number of hydrogen-bond acceptors (Lipinski definition) is 4. The third-order valence-electron chi connectivity index (χ3n) is 12.0. The second-order valence-corrected chi connectivity index (χ2v) is 17.1. The van der Waals surface area contributed by atoms with Gasteiger partial charge in [0.25, 0.3) is 0 Å². The van der Waals surface area contributed by atoms with Gasteiger partial charge in [-0.25, -0.2) is 4.98 Å². The molecule has 0 saturated heterocycles. The Morgan fingerprint density at radius 2 is 1.17 bits per heavy atom. The Labute approximate surface area is 399 Å². The molecule has 0 bridgehead atoms. The van der Waals surface area contributed by atoms with Crippen molar-refractivity contribution in [2.75, 3.05) is 9.80 Å². The maximum Gasteiger partial charge on any atom is 0.135 e. The van der Waals surface area contributed by atoms with Crippen molar-refractivity contribution in [2.24, 2.45) is 0 Å². The molecule has 6 heteroatoms. The molecule has 0 amide bonds. The molecule has 1 aliphatic rings. The van der Waals surface area contributed by atoms with Gasteiger partial charge in [0.05, 0.1) is 0 Å². The van der Waals surface area contributed by atoms with Gasteiger partial charge in [-0.05, 0) is 69.7 Å². The fraction of sp³-hybridized carbons (Fsp3) is 0.0847. The van der Waals surface area contributed by atoms with Crippen LogP contribution in [0.2, 0.25) is 0 Å². The van der Waals surface area contributed by atoms with Crippen molar-refractivity contribution >= 4 is 44.6 Å². The Balaban J connectivity index is 0.00000539. The number of ether oxygens (including phenoxy) is 1. The molecule has 5 nitrogen and oxygen atoms in total. The quantitative estimate of drug-likeness (QED) is 0.142. The molecule has 65 heavy (non-hydrogen) atoms. The summed E-state index contributed by atoms with van der Waals surface area (Å²) < 4.78 is 34.4. The van der Waals surface area contributed by atoms with Crippen LogP contribution in [-0.2, 0) is 26.5 Å². The van der Waals surface area contributed by atoms with Crippen molar-refractivity contribution in [3.05, 3.63) is 224 Å². The topological polar surface area (TPSA) is 33.5 Å². The number of benzene rings is 8. The van der Waals surface area contributed by atoms with E-state index >= 15 is 0 Å². The van der Waals surface area contributed by atoms with E-state index in [2.05, 4.69) is 165 Å². The molecule has 0 spiro atoms. The van der Waals surface area contributed by atoms with E-state index in [4.69, 9.17) is 13.8 Å². The van der Waals surface area contributed by atoms with Crippen molar-refractivity contribution in [3.8, 4) is 50.7 Å². The number of fused-ring (bicyclic) bond motifs is 4. The van der Waals surface area contributed by atoms with Crippen LogP contribution in [0.5, 0.6) is 11.5 Å². The average molecular weight is 1020 g/mol. The number of hydrogen-bond donors (Lipinski definition) is 0. The molecule has 0 saturated carbocycles. The molecule has 0 atom stereocenters. The first kappa shape index (κ1) is 38.3. The maximum atomic E-state index is 8.59. The Kier molecular flexibility index (Phi) is 10.0. The SMILES string of the molecule is [2H]C([2H])([2H])c1cc(-n2c3[c-]c(Oc4[c-]c(N5[CH-]N(c6c(-c7ccccc7)cccc6-c6ccccc6)c6ccccc65)ccc4)ccc3c3cc(C(C)(C)C)ccc32)ncc1-c1ccccc1.[Pt]. The Bertz CT molecular complexity index is 3400. The minimum atomic E-state index is -2.39. The minimum Gasteiger partial charge on any atom is -0.509 e. The Hall–Kier alpha value is -7.20. The van der Waals surface area contributed by atoms with Crippen LogP contribution >= 0.6 is 0 Å². The van der Waals surface area contributed by atoms with Gasteiger partial charge in [-0.3, -0.25) is 0 Å². The third-order valence-corrected chi connectivity index (χ3v) is 12.0. The van der Waals surface area contributed by atoms with Crippen molar-refractivity contribution < 1.29 is 29.9 Å². The summed E-state index contributed by atoms with van der Waals surface area (Å²) in [7, 11) is 0. The zero-order valence-corrected chi connectivity index (χ0v) is 38.3. The molecular weight excluding hydrogens is 976 g/mol. The van der Waals surface area contributed by atoms with E-state index in [-0.39, 0.29) is 32.0 Å². The van der Waals surface area contributed by atoms with E-state index in [1.165, 1.54) is 5.56 Å². The van der Waals surface area contributed by atoms with Crippen LogP contribution in [0.1, 0.15) is 36.0 Å². The van der Waals surface area contributed by atoms with Crippen molar-refractivity contribution in [3.63, 3.8) is 0 Å². The first-order valence-electron chi connectivity index (χ1n) is 23.0. The summed E-state index contributed by atoms with van der Waals surface area (Å²) >= 11 is 0. The molecule has 0 unspecified atom stereocenters. The van der Waals surface area contributed by atoms with E-state index in [1.807, 2.05) is 71.3 Å². The number of nitrogens with zero attached hydrogens (tertiary/aromatic N) is 4. The van der Waals surface area contributed by atoms with Gasteiger partial charge in [0.2, 0.25) is 0 Å². The Morgan fingerprint density at radius 1 is 0.569 bits per heavy atom. The van der Waals surface area contributed by atoms with E-state index < -0.39 is 6.85 Å². The zero-order chi connectivity index (χ0) is 45.9. The molecule has 10 aromatic rings. The number of anilines is 4. The van der Waals surface area contributed by atoms with Gasteiger partial charge in [-0.15, -0.1) is 48.1 Å². The fourth-order valence-electron chi connectivity index (χ4n) is 8.84.